The molecule has 0 radical (unpaired) electrons. The Morgan fingerprint density at radius 1 is 1.40 bits per heavy atom. The van der Waals surface area contributed by atoms with Crippen LogP contribution in [-0.2, 0) is 9.59 Å². The largest absolute Gasteiger partial charge is 0.481 e. The first-order valence-electron chi connectivity index (χ1n) is 7.42. The molecule has 0 aliphatic carbocycles. The summed E-state index contributed by atoms with van der Waals surface area (Å²) in [6.07, 6.45) is 2.25. The molecule has 1 amide bonds. The van der Waals surface area contributed by atoms with E-state index in [2.05, 4.69) is 31.4 Å². The van der Waals surface area contributed by atoms with Crippen molar-refractivity contribution in [3.05, 3.63) is 0 Å². The van der Waals surface area contributed by atoms with Gasteiger partial charge >= 0.3 is 5.97 Å². The second-order valence-corrected chi connectivity index (χ2v) is 7.09. The van der Waals surface area contributed by atoms with Crippen LogP contribution >= 0.6 is 0 Å². The third-order valence-electron chi connectivity index (χ3n) is 4.02. The van der Waals surface area contributed by atoms with Crippen LogP contribution in [0, 0.1) is 10.8 Å². The van der Waals surface area contributed by atoms with Gasteiger partial charge < -0.3 is 15.7 Å². The van der Waals surface area contributed by atoms with Crippen LogP contribution in [0.15, 0.2) is 0 Å². The number of hydrogen-bond acceptors (Lipinski definition) is 3. The number of aliphatic carboxylic acids is 1. The summed E-state index contributed by atoms with van der Waals surface area (Å²) >= 11 is 0. The standard InChI is InChI=1S/C15H28N2O3/c1-5-15(6-7-16-10-15)13(20)17-11(8-12(18)19)9-14(2,3)4/h11,16H,5-10H2,1-4H3,(H,17,20)(H,18,19). The van der Waals surface area contributed by atoms with Crippen LogP contribution in [0.2, 0.25) is 0 Å². The monoisotopic (exact) mass is 284 g/mol. The van der Waals surface area contributed by atoms with E-state index >= 15 is 0 Å². The maximum absolute atomic E-state index is 12.5. The molecule has 1 aliphatic heterocycles. The molecule has 3 N–H and O–H groups in total. The van der Waals surface area contributed by atoms with E-state index < -0.39 is 5.97 Å². The molecule has 1 fully saturated rings. The molecule has 116 valence electrons. The molecule has 0 spiro atoms. The Morgan fingerprint density at radius 3 is 2.45 bits per heavy atom. The van der Waals surface area contributed by atoms with Crippen molar-refractivity contribution >= 4 is 11.9 Å². The summed E-state index contributed by atoms with van der Waals surface area (Å²) in [4.78, 5) is 23.5. The van der Waals surface area contributed by atoms with Crippen molar-refractivity contribution in [1.82, 2.24) is 10.6 Å². The van der Waals surface area contributed by atoms with E-state index in [1.54, 1.807) is 0 Å². The second-order valence-electron chi connectivity index (χ2n) is 7.09. The molecule has 1 aliphatic rings. The minimum Gasteiger partial charge on any atom is -0.481 e. The number of amides is 1. The number of carbonyl (C=O) groups excluding carboxylic acids is 1. The van der Waals surface area contributed by atoms with Crippen molar-refractivity contribution in [2.45, 2.75) is 59.4 Å². The quantitative estimate of drug-likeness (QED) is 0.694. The summed E-state index contributed by atoms with van der Waals surface area (Å²) in [6.45, 7) is 9.72. The van der Waals surface area contributed by atoms with E-state index in [4.69, 9.17) is 5.11 Å². The Hall–Kier alpha value is -1.10. The number of carbonyl (C=O) groups is 2. The zero-order valence-electron chi connectivity index (χ0n) is 13.1. The van der Waals surface area contributed by atoms with Crippen LogP contribution < -0.4 is 10.6 Å². The lowest BCUT2D eigenvalue weighted by Gasteiger charge is -2.31. The highest BCUT2D eigenvalue weighted by Gasteiger charge is 2.40. The highest BCUT2D eigenvalue weighted by atomic mass is 16.4. The zero-order chi connectivity index (χ0) is 15.4. The average Bonchev–Trinajstić information content (AvgIpc) is 2.75. The highest BCUT2D eigenvalue weighted by Crippen LogP contribution is 2.30. The summed E-state index contributed by atoms with van der Waals surface area (Å²) < 4.78 is 0. The van der Waals surface area contributed by atoms with Crippen molar-refractivity contribution in [3.63, 3.8) is 0 Å². The molecular weight excluding hydrogens is 256 g/mol. The third-order valence-corrected chi connectivity index (χ3v) is 4.02. The Balaban J connectivity index is 2.72. The summed E-state index contributed by atoms with van der Waals surface area (Å²) in [6, 6.07) is -0.302. The maximum atomic E-state index is 12.5. The summed E-state index contributed by atoms with van der Waals surface area (Å²) in [5.74, 6) is -0.866. The van der Waals surface area contributed by atoms with E-state index in [9.17, 15) is 9.59 Å². The Kier molecular flexibility index (Phi) is 5.57. The van der Waals surface area contributed by atoms with Crippen LogP contribution in [0.25, 0.3) is 0 Å². The highest BCUT2D eigenvalue weighted by molar-refractivity contribution is 5.84. The fourth-order valence-corrected chi connectivity index (χ4v) is 2.86. The minimum atomic E-state index is -0.866. The smallest absolute Gasteiger partial charge is 0.305 e. The number of carboxylic acids is 1. The first-order valence-corrected chi connectivity index (χ1v) is 7.42. The van der Waals surface area contributed by atoms with E-state index in [-0.39, 0.29) is 29.2 Å². The van der Waals surface area contributed by atoms with Gasteiger partial charge in [0.2, 0.25) is 5.91 Å². The van der Waals surface area contributed by atoms with Gasteiger partial charge in [-0.15, -0.1) is 0 Å². The van der Waals surface area contributed by atoms with Crippen molar-refractivity contribution in [3.8, 4) is 0 Å². The molecule has 2 atom stereocenters. The van der Waals surface area contributed by atoms with Gasteiger partial charge in [0.05, 0.1) is 11.8 Å². The molecule has 0 saturated carbocycles. The van der Waals surface area contributed by atoms with Crippen LogP contribution in [0.4, 0.5) is 0 Å². The van der Waals surface area contributed by atoms with Gasteiger partial charge in [-0.2, -0.15) is 0 Å². The molecule has 0 aromatic carbocycles. The molecule has 2 unspecified atom stereocenters. The molecule has 20 heavy (non-hydrogen) atoms. The number of hydrogen-bond donors (Lipinski definition) is 3. The van der Waals surface area contributed by atoms with E-state index in [0.29, 0.717) is 13.0 Å². The molecule has 5 nitrogen and oxygen atoms in total. The van der Waals surface area contributed by atoms with E-state index in [1.807, 2.05) is 6.92 Å². The van der Waals surface area contributed by atoms with Gasteiger partial charge in [0.15, 0.2) is 0 Å². The Bertz CT molecular complexity index is 355. The molecule has 5 heteroatoms. The number of rotatable bonds is 6. The lowest BCUT2D eigenvalue weighted by atomic mass is 9.82. The Morgan fingerprint density at radius 2 is 2.05 bits per heavy atom. The van der Waals surface area contributed by atoms with Crippen molar-refractivity contribution in [2.24, 2.45) is 10.8 Å². The first kappa shape index (κ1) is 17.0. The lowest BCUT2D eigenvalue weighted by Crippen LogP contribution is -2.48. The molecule has 0 aromatic heterocycles. The lowest BCUT2D eigenvalue weighted by molar-refractivity contribution is -0.138. The normalized spacial score (nSPS) is 24.4. The SMILES string of the molecule is CCC1(C(=O)NC(CC(=O)O)CC(C)(C)C)CCNC1. The first-order chi connectivity index (χ1) is 9.18. The van der Waals surface area contributed by atoms with Crippen LogP contribution in [-0.4, -0.2) is 36.1 Å². The van der Waals surface area contributed by atoms with Crippen molar-refractivity contribution in [2.75, 3.05) is 13.1 Å². The number of carboxylic acid groups (broad SMARTS) is 1. The van der Waals surface area contributed by atoms with Crippen LogP contribution in [0.5, 0.6) is 0 Å². The molecule has 1 saturated heterocycles. The topological polar surface area (TPSA) is 78.4 Å². The Labute approximate surface area is 121 Å². The molecule has 0 aromatic rings. The van der Waals surface area contributed by atoms with Gasteiger partial charge in [0, 0.05) is 12.6 Å². The molecular formula is C15H28N2O3. The van der Waals surface area contributed by atoms with Gasteiger partial charge in [-0.3, -0.25) is 9.59 Å². The molecule has 1 heterocycles. The van der Waals surface area contributed by atoms with Crippen molar-refractivity contribution < 1.29 is 14.7 Å². The number of nitrogens with one attached hydrogen (secondary N) is 2. The van der Waals surface area contributed by atoms with Crippen LogP contribution in [0.1, 0.15) is 53.4 Å². The predicted molar refractivity (Wildman–Crippen MR) is 78.5 cm³/mol. The van der Waals surface area contributed by atoms with E-state index in [1.165, 1.54) is 0 Å². The van der Waals surface area contributed by atoms with E-state index in [0.717, 1.165) is 19.4 Å². The van der Waals surface area contributed by atoms with Gasteiger partial charge in [0.25, 0.3) is 0 Å². The summed E-state index contributed by atoms with van der Waals surface area (Å²) in [7, 11) is 0. The summed E-state index contributed by atoms with van der Waals surface area (Å²) in [5.41, 5.74) is -0.380. The predicted octanol–water partition coefficient (Wildman–Crippen LogP) is 1.77. The summed E-state index contributed by atoms with van der Waals surface area (Å²) in [5, 5.41) is 15.2. The second kappa shape index (κ2) is 6.57. The third kappa shape index (κ3) is 4.78. The van der Waals surface area contributed by atoms with Crippen molar-refractivity contribution in [1.29, 1.82) is 0 Å². The fourth-order valence-electron chi connectivity index (χ4n) is 2.86. The molecule has 1 rings (SSSR count). The van der Waals surface area contributed by atoms with Gasteiger partial charge in [-0.05, 0) is 31.2 Å². The fraction of sp³-hybridized carbons (Fsp3) is 0.867. The van der Waals surface area contributed by atoms with Gasteiger partial charge in [-0.25, -0.2) is 0 Å². The zero-order valence-corrected chi connectivity index (χ0v) is 13.1. The van der Waals surface area contributed by atoms with Gasteiger partial charge in [-0.1, -0.05) is 27.7 Å². The van der Waals surface area contributed by atoms with Gasteiger partial charge in [0.1, 0.15) is 0 Å². The minimum absolute atomic E-state index is 0.000463. The average molecular weight is 284 g/mol. The maximum Gasteiger partial charge on any atom is 0.305 e. The molecule has 0 bridgehead atoms. The van der Waals surface area contributed by atoms with Crippen LogP contribution in [0.3, 0.4) is 0 Å².